The highest BCUT2D eigenvalue weighted by Crippen LogP contribution is 2.25. The number of hydrogen-bond acceptors (Lipinski definition) is 6. The SMILES string of the molecule is COc1ccccc1CN(CC(COCC(C)C)N1CCCC1)c1ccccc1.O=C(O)C(=O)O. The zero-order valence-electron chi connectivity index (χ0n) is 20.9. The van der Waals surface area contributed by atoms with Gasteiger partial charge in [0, 0.05) is 30.9 Å². The maximum Gasteiger partial charge on any atom is 0.414 e. The Bertz CT molecular complexity index is 888. The molecule has 1 heterocycles. The summed E-state index contributed by atoms with van der Waals surface area (Å²) < 4.78 is 11.7. The maximum absolute atomic E-state index is 9.10. The number of carboxylic acid groups (broad SMARTS) is 2. The summed E-state index contributed by atoms with van der Waals surface area (Å²) in [6, 6.07) is 19.4. The van der Waals surface area contributed by atoms with Gasteiger partial charge in [-0.2, -0.15) is 0 Å². The molecule has 1 aliphatic heterocycles. The highest BCUT2D eigenvalue weighted by Gasteiger charge is 2.25. The number of benzene rings is 2. The predicted octanol–water partition coefficient (Wildman–Crippen LogP) is 3.99. The van der Waals surface area contributed by atoms with Gasteiger partial charge in [-0.3, -0.25) is 4.90 Å². The monoisotopic (exact) mass is 486 g/mol. The van der Waals surface area contributed by atoms with Crippen LogP contribution in [0.2, 0.25) is 0 Å². The molecule has 0 aliphatic carbocycles. The predicted molar refractivity (Wildman–Crippen MR) is 136 cm³/mol. The molecule has 2 aromatic rings. The molecule has 0 spiro atoms. The van der Waals surface area contributed by atoms with E-state index in [1.165, 1.54) is 37.2 Å². The van der Waals surface area contributed by atoms with Crippen LogP contribution in [0.25, 0.3) is 0 Å². The number of aliphatic carboxylic acids is 2. The zero-order chi connectivity index (χ0) is 25.6. The van der Waals surface area contributed by atoms with Crippen molar-refractivity contribution in [3.8, 4) is 5.75 Å². The molecule has 0 bridgehead atoms. The lowest BCUT2D eigenvalue weighted by Crippen LogP contribution is -2.45. The molecule has 1 saturated heterocycles. The first-order valence-electron chi connectivity index (χ1n) is 12.0. The van der Waals surface area contributed by atoms with Crippen molar-refractivity contribution in [3.63, 3.8) is 0 Å². The fourth-order valence-corrected chi connectivity index (χ4v) is 4.01. The van der Waals surface area contributed by atoms with Gasteiger partial charge in [-0.25, -0.2) is 9.59 Å². The van der Waals surface area contributed by atoms with Crippen LogP contribution in [0.3, 0.4) is 0 Å². The Balaban J connectivity index is 0.000000641. The number of methoxy groups -OCH3 is 1. The van der Waals surface area contributed by atoms with E-state index in [2.05, 4.69) is 66.1 Å². The summed E-state index contributed by atoms with van der Waals surface area (Å²) >= 11 is 0. The lowest BCUT2D eigenvalue weighted by Gasteiger charge is -2.34. The molecule has 2 aromatic carbocycles. The third-order valence-corrected chi connectivity index (χ3v) is 5.71. The van der Waals surface area contributed by atoms with Crippen molar-refractivity contribution in [3.05, 3.63) is 60.2 Å². The van der Waals surface area contributed by atoms with Crippen LogP contribution in [0.4, 0.5) is 5.69 Å². The molecule has 1 atom stereocenters. The number of nitrogens with zero attached hydrogens (tertiary/aromatic N) is 2. The summed E-state index contributed by atoms with van der Waals surface area (Å²) in [6.07, 6.45) is 2.58. The average Bonchev–Trinajstić information content (AvgIpc) is 3.39. The summed E-state index contributed by atoms with van der Waals surface area (Å²) in [5, 5.41) is 14.8. The second kappa shape index (κ2) is 15.0. The van der Waals surface area contributed by atoms with Gasteiger partial charge < -0.3 is 24.6 Å². The number of hydrogen-bond donors (Lipinski definition) is 2. The fraction of sp³-hybridized carbons (Fsp3) is 0.481. The molecule has 1 fully saturated rings. The first kappa shape index (κ1) is 28.1. The van der Waals surface area contributed by atoms with E-state index in [4.69, 9.17) is 29.3 Å². The number of rotatable bonds is 11. The van der Waals surface area contributed by atoms with Crippen molar-refractivity contribution < 1.29 is 29.3 Å². The van der Waals surface area contributed by atoms with E-state index in [0.717, 1.165) is 32.1 Å². The summed E-state index contributed by atoms with van der Waals surface area (Å²) in [7, 11) is 1.75. The highest BCUT2D eigenvalue weighted by molar-refractivity contribution is 6.27. The first-order chi connectivity index (χ1) is 16.8. The molecule has 0 saturated carbocycles. The van der Waals surface area contributed by atoms with E-state index in [0.29, 0.717) is 12.0 Å². The van der Waals surface area contributed by atoms with Crippen molar-refractivity contribution in [2.45, 2.75) is 39.3 Å². The molecule has 3 rings (SSSR count). The minimum atomic E-state index is -1.82. The van der Waals surface area contributed by atoms with Crippen LogP contribution in [0, 0.1) is 5.92 Å². The van der Waals surface area contributed by atoms with E-state index in [9.17, 15) is 0 Å². The molecular formula is C27H38N2O6. The van der Waals surface area contributed by atoms with Gasteiger partial charge in [-0.15, -0.1) is 0 Å². The average molecular weight is 487 g/mol. The smallest absolute Gasteiger partial charge is 0.414 e. The van der Waals surface area contributed by atoms with Gasteiger partial charge in [-0.1, -0.05) is 50.2 Å². The second-order valence-corrected chi connectivity index (χ2v) is 8.97. The molecule has 8 nitrogen and oxygen atoms in total. The highest BCUT2D eigenvalue weighted by atomic mass is 16.5. The zero-order valence-corrected chi connectivity index (χ0v) is 20.9. The van der Waals surface area contributed by atoms with E-state index in [-0.39, 0.29) is 0 Å². The van der Waals surface area contributed by atoms with E-state index in [1.54, 1.807) is 7.11 Å². The Hall–Kier alpha value is -3.10. The lowest BCUT2D eigenvalue weighted by atomic mass is 10.1. The number of carboxylic acids is 2. The van der Waals surface area contributed by atoms with Crippen LogP contribution in [-0.4, -0.2) is 73.1 Å². The molecule has 1 unspecified atom stereocenters. The molecule has 0 aromatic heterocycles. The molecule has 192 valence electrons. The summed E-state index contributed by atoms with van der Waals surface area (Å²) in [5.41, 5.74) is 2.45. The lowest BCUT2D eigenvalue weighted by molar-refractivity contribution is -0.159. The Kier molecular flexibility index (Phi) is 12.1. The van der Waals surface area contributed by atoms with Crippen LogP contribution < -0.4 is 9.64 Å². The summed E-state index contributed by atoms with van der Waals surface area (Å²) in [4.78, 5) is 23.3. The van der Waals surface area contributed by atoms with Crippen molar-refractivity contribution >= 4 is 17.6 Å². The maximum atomic E-state index is 9.10. The molecule has 1 aliphatic rings. The van der Waals surface area contributed by atoms with E-state index >= 15 is 0 Å². The van der Waals surface area contributed by atoms with Crippen molar-refractivity contribution in [1.29, 1.82) is 0 Å². The normalized spacial score (nSPS) is 14.2. The second-order valence-electron chi connectivity index (χ2n) is 8.97. The Morgan fingerprint density at radius 2 is 1.54 bits per heavy atom. The van der Waals surface area contributed by atoms with Crippen LogP contribution in [-0.2, 0) is 20.9 Å². The standard InChI is InChI=1S/C25H36N2O2.C2H2O4/c1-21(2)19-29-20-24(26-15-9-10-16-26)18-27(23-12-5-4-6-13-23)17-22-11-7-8-14-25(22)28-3;3-1(4)2(5)6/h4-8,11-14,21,24H,9-10,15-20H2,1-3H3;(H,3,4)(H,5,6). The number of anilines is 1. The third-order valence-electron chi connectivity index (χ3n) is 5.71. The van der Waals surface area contributed by atoms with E-state index < -0.39 is 11.9 Å². The number of carbonyl (C=O) groups is 2. The molecule has 0 amide bonds. The molecule has 2 N–H and O–H groups in total. The van der Waals surface area contributed by atoms with Gasteiger partial charge in [0.2, 0.25) is 0 Å². The number of likely N-dealkylation sites (tertiary alicyclic amines) is 1. The van der Waals surface area contributed by atoms with Crippen molar-refractivity contribution in [2.24, 2.45) is 5.92 Å². The van der Waals surface area contributed by atoms with Gasteiger partial charge in [0.1, 0.15) is 5.75 Å². The van der Waals surface area contributed by atoms with E-state index in [1.807, 2.05) is 12.1 Å². The summed E-state index contributed by atoms with van der Waals surface area (Å²) in [6.45, 7) is 10.1. The van der Waals surface area contributed by atoms with Crippen LogP contribution >= 0.6 is 0 Å². The van der Waals surface area contributed by atoms with Gasteiger partial charge in [0.15, 0.2) is 0 Å². The largest absolute Gasteiger partial charge is 0.496 e. The van der Waals surface area contributed by atoms with Crippen LogP contribution in [0.15, 0.2) is 54.6 Å². The number of ether oxygens (including phenoxy) is 2. The van der Waals surface area contributed by atoms with Gasteiger partial charge in [0.05, 0.1) is 19.8 Å². The minimum Gasteiger partial charge on any atom is -0.496 e. The molecule has 8 heteroatoms. The molecular weight excluding hydrogens is 448 g/mol. The minimum absolute atomic E-state index is 0.395. The quantitative estimate of drug-likeness (QED) is 0.460. The number of para-hydroxylation sites is 2. The van der Waals surface area contributed by atoms with Gasteiger partial charge >= 0.3 is 11.9 Å². The van der Waals surface area contributed by atoms with Crippen molar-refractivity contribution in [1.82, 2.24) is 4.90 Å². The molecule has 0 radical (unpaired) electrons. The molecule has 35 heavy (non-hydrogen) atoms. The van der Waals surface area contributed by atoms with Gasteiger partial charge in [-0.05, 0) is 50.0 Å². The van der Waals surface area contributed by atoms with Crippen LogP contribution in [0.1, 0.15) is 32.3 Å². The first-order valence-corrected chi connectivity index (χ1v) is 12.0. The summed E-state index contributed by atoms with van der Waals surface area (Å²) in [5.74, 6) is -2.14. The van der Waals surface area contributed by atoms with Crippen molar-refractivity contribution in [2.75, 3.05) is 44.9 Å². The Labute approximate surface area is 208 Å². The Morgan fingerprint density at radius 3 is 2.11 bits per heavy atom. The fourth-order valence-electron chi connectivity index (χ4n) is 4.01. The van der Waals surface area contributed by atoms with Crippen LogP contribution in [0.5, 0.6) is 5.75 Å². The topological polar surface area (TPSA) is 99.5 Å². The van der Waals surface area contributed by atoms with Gasteiger partial charge in [0.25, 0.3) is 0 Å². The third kappa shape index (κ3) is 9.96. The Morgan fingerprint density at radius 1 is 0.943 bits per heavy atom.